The van der Waals surface area contributed by atoms with E-state index in [1.54, 1.807) is 25.1 Å². The van der Waals surface area contributed by atoms with Crippen molar-refractivity contribution in [2.75, 3.05) is 22.6 Å². The molecule has 42 heavy (non-hydrogen) atoms. The van der Waals surface area contributed by atoms with Crippen molar-refractivity contribution in [3.63, 3.8) is 0 Å². The third-order valence-electron chi connectivity index (χ3n) is 6.49. The van der Waals surface area contributed by atoms with Crippen LogP contribution in [0.3, 0.4) is 0 Å². The number of hydrogen-bond donors (Lipinski definition) is 3. The molecule has 3 aromatic carbocycles. The summed E-state index contributed by atoms with van der Waals surface area (Å²) in [7, 11) is 0. The van der Waals surface area contributed by atoms with Gasteiger partial charge >= 0.3 is 0 Å². The van der Waals surface area contributed by atoms with E-state index in [4.69, 9.17) is 62.7 Å². The zero-order valence-electron chi connectivity index (χ0n) is 21.8. The van der Waals surface area contributed by atoms with E-state index >= 15 is 4.39 Å². The van der Waals surface area contributed by atoms with Gasteiger partial charge in [0.15, 0.2) is 5.82 Å². The molecule has 0 radical (unpaired) electrons. The number of alkyl halides is 2. The minimum absolute atomic E-state index is 0.0174. The van der Waals surface area contributed by atoms with Gasteiger partial charge in [-0.25, -0.2) is 8.78 Å². The lowest BCUT2D eigenvalue weighted by molar-refractivity contribution is -0.126. The van der Waals surface area contributed by atoms with Crippen LogP contribution in [0.4, 0.5) is 25.8 Å². The van der Waals surface area contributed by atoms with Gasteiger partial charge in [-0.2, -0.15) is 0 Å². The van der Waals surface area contributed by atoms with Crippen molar-refractivity contribution in [3.05, 3.63) is 86.4 Å². The molecule has 4 rings (SSSR count). The first-order valence-corrected chi connectivity index (χ1v) is 14.3. The molecule has 0 aromatic heterocycles. The van der Waals surface area contributed by atoms with Crippen molar-refractivity contribution >= 4 is 92.8 Å². The molecule has 1 aliphatic carbocycles. The van der Waals surface area contributed by atoms with Crippen LogP contribution in [-0.2, 0) is 14.3 Å². The zero-order valence-corrected chi connectivity index (χ0v) is 25.6. The number of halogens is 7. The molecule has 14 heteroatoms. The number of carbonyl (C=O) groups excluding carboxylic acids is 3. The molecule has 3 atom stereocenters. The average Bonchev–Trinajstić information content (AvgIpc) is 3.52. The lowest BCUT2D eigenvalue weighted by Crippen LogP contribution is -2.28. The summed E-state index contributed by atoms with van der Waals surface area (Å²) >= 11 is 31.1. The van der Waals surface area contributed by atoms with E-state index in [2.05, 4.69) is 16.0 Å². The zero-order chi connectivity index (χ0) is 30.9. The maximum atomic E-state index is 15.1. The molecular formula is C28H22Cl5F2N3O4. The van der Waals surface area contributed by atoms with Crippen LogP contribution >= 0.6 is 58.0 Å². The van der Waals surface area contributed by atoms with Crippen LogP contribution in [0.25, 0.3) is 0 Å². The summed E-state index contributed by atoms with van der Waals surface area (Å²) in [5.41, 5.74) is -0.523. The first kappa shape index (κ1) is 32.3. The van der Waals surface area contributed by atoms with Crippen LogP contribution in [0, 0.1) is 17.6 Å². The molecule has 0 saturated heterocycles. The molecule has 3 aromatic rings. The predicted octanol–water partition coefficient (Wildman–Crippen LogP) is 8.07. The first-order valence-electron chi connectivity index (χ1n) is 12.4. The summed E-state index contributed by atoms with van der Waals surface area (Å²) in [5, 5.41) is 7.69. The number of amides is 3. The van der Waals surface area contributed by atoms with Gasteiger partial charge in [0, 0.05) is 18.2 Å². The Balaban J connectivity index is 1.50. The van der Waals surface area contributed by atoms with Gasteiger partial charge in [-0.05, 0) is 61.9 Å². The van der Waals surface area contributed by atoms with E-state index < -0.39 is 63.0 Å². The predicted molar refractivity (Wildman–Crippen MR) is 161 cm³/mol. The molecule has 1 saturated carbocycles. The molecule has 0 spiro atoms. The van der Waals surface area contributed by atoms with Crippen LogP contribution in [0.1, 0.15) is 35.7 Å². The van der Waals surface area contributed by atoms with Crippen LogP contribution in [0.5, 0.6) is 0 Å². The van der Waals surface area contributed by atoms with Crippen molar-refractivity contribution in [1.29, 1.82) is 0 Å². The first-order chi connectivity index (χ1) is 19.8. The Morgan fingerprint density at radius 1 is 0.929 bits per heavy atom. The number of hydrogen-bond acceptors (Lipinski definition) is 4. The monoisotopic (exact) mass is 677 g/mol. The number of carbonyl (C=O) groups is 3. The Morgan fingerprint density at radius 3 is 2.29 bits per heavy atom. The fourth-order valence-electron chi connectivity index (χ4n) is 4.27. The minimum Gasteiger partial charge on any atom is -0.369 e. The van der Waals surface area contributed by atoms with Gasteiger partial charge in [-0.1, -0.05) is 40.9 Å². The van der Waals surface area contributed by atoms with Gasteiger partial charge < -0.3 is 20.7 Å². The molecule has 3 amide bonds. The second-order valence-corrected chi connectivity index (χ2v) is 12.0. The number of ether oxygens (including phenoxy) is 1. The van der Waals surface area contributed by atoms with Gasteiger partial charge in [0.05, 0.1) is 32.2 Å². The summed E-state index contributed by atoms with van der Waals surface area (Å²) < 4.78 is 33.2. The molecule has 1 aliphatic rings. The van der Waals surface area contributed by atoms with Crippen molar-refractivity contribution in [1.82, 2.24) is 0 Å². The summed E-state index contributed by atoms with van der Waals surface area (Å²) in [6.45, 7) is 3.30. The topological polar surface area (TPSA) is 96.5 Å². The molecule has 0 aliphatic heterocycles. The number of benzene rings is 3. The molecule has 3 N–H and O–H groups in total. The highest BCUT2D eigenvalue weighted by Gasteiger charge is 2.67. The van der Waals surface area contributed by atoms with E-state index in [1.807, 2.05) is 0 Å². The van der Waals surface area contributed by atoms with Crippen LogP contribution in [0.2, 0.25) is 15.1 Å². The van der Waals surface area contributed by atoms with Gasteiger partial charge in [-0.3, -0.25) is 14.4 Å². The highest BCUT2D eigenvalue weighted by atomic mass is 35.5. The quantitative estimate of drug-likeness (QED) is 0.199. The molecule has 1 unspecified atom stereocenters. The van der Waals surface area contributed by atoms with Gasteiger partial charge in [0.2, 0.25) is 5.91 Å². The Bertz CT molecular complexity index is 1570. The normalized spacial score (nSPS) is 17.7. The lowest BCUT2D eigenvalue weighted by Gasteiger charge is -2.15. The van der Waals surface area contributed by atoms with Crippen molar-refractivity contribution in [2.24, 2.45) is 5.92 Å². The van der Waals surface area contributed by atoms with E-state index in [0.717, 1.165) is 12.1 Å². The van der Waals surface area contributed by atoms with Crippen molar-refractivity contribution < 1.29 is 27.9 Å². The molecular weight excluding hydrogens is 658 g/mol. The highest BCUT2D eigenvalue weighted by molar-refractivity contribution is 6.53. The SMILES string of the molecule is CCO[C@H](C)C(=O)Nc1c(F)ccc(NC(=O)c2cc(NC(=O)C3[C@H](c4ccc(Cl)c(Cl)c4)C3(Cl)Cl)ccc2Cl)c1F. The number of nitrogens with one attached hydrogen (secondary N) is 3. The van der Waals surface area contributed by atoms with Crippen LogP contribution in [-0.4, -0.2) is 34.8 Å². The molecule has 0 bridgehead atoms. The maximum Gasteiger partial charge on any atom is 0.257 e. The summed E-state index contributed by atoms with van der Waals surface area (Å²) in [6, 6.07) is 10.8. The van der Waals surface area contributed by atoms with E-state index in [0.29, 0.717) is 10.6 Å². The average molecular weight is 680 g/mol. The molecule has 1 fully saturated rings. The summed E-state index contributed by atoms with van der Waals surface area (Å²) in [6.07, 6.45) is -0.971. The van der Waals surface area contributed by atoms with E-state index in [9.17, 15) is 18.8 Å². The third kappa shape index (κ3) is 6.77. The van der Waals surface area contributed by atoms with Gasteiger partial charge in [0.25, 0.3) is 11.8 Å². The van der Waals surface area contributed by atoms with E-state index in [-0.39, 0.29) is 27.9 Å². The fraction of sp³-hybridized carbons (Fsp3) is 0.250. The van der Waals surface area contributed by atoms with Gasteiger partial charge in [0.1, 0.15) is 21.9 Å². The highest BCUT2D eigenvalue weighted by Crippen LogP contribution is 2.65. The maximum absolute atomic E-state index is 15.1. The Kier molecular flexibility index (Phi) is 9.92. The van der Waals surface area contributed by atoms with Crippen molar-refractivity contribution in [2.45, 2.75) is 30.2 Å². The van der Waals surface area contributed by atoms with Crippen LogP contribution in [0.15, 0.2) is 48.5 Å². The Labute approximate surface area is 264 Å². The fourth-order valence-corrected chi connectivity index (χ4v) is 5.61. The van der Waals surface area contributed by atoms with E-state index in [1.165, 1.54) is 25.1 Å². The van der Waals surface area contributed by atoms with Gasteiger partial charge in [-0.15, -0.1) is 23.2 Å². The third-order valence-corrected chi connectivity index (χ3v) is 8.50. The summed E-state index contributed by atoms with van der Waals surface area (Å²) in [5.74, 6) is -5.87. The minimum atomic E-state index is -1.42. The standard InChI is InChI=1S/C28H22Cl5F2N3O4/c1-3-42-12(2)25(39)38-24-19(34)8-9-20(23(24)35)37-26(40)15-11-14(5-7-16(15)29)36-27(41)22-21(28(22,32)33)13-4-6-17(30)18(31)10-13/h4-12,21-22H,3H2,1-2H3,(H,36,41)(H,37,40)(H,38,39)/t12-,21+,22?/m1/s1. The Hall–Kier alpha value is -2.66. The molecule has 222 valence electrons. The second-order valence-electron chi connectivity index (χ2n) is 9.31. The molecule has 0 heterocycles. The van der Waals surface area contributed by atoms with Crippen molar-refractivity contribution in [3.8, 4) is 0 Å². The van der Waals surface area contributed by atoms with Crippen LogP contribution < -0.4 is 16.0 Å². The summed E-state index contributed by atoms with van der Waals surface area (Å²) in [4.78, 5) is 38.3. The lowest BCUT2D eigenvalue weighted by atomic mass is 10.1. The largest absolute Gasteiger partial charge is 0.369 e. The number of rotatable bonds is 9. The molecule has 7 nitrogen and oxygen atoms in total. The smallest absolute Gasteiger partial charge is 0.257 e. The number of anilines is 3. The Morgan fingerprint density at radius 2 is 1.62 bits per heavy atom. The second kappa shape index (κ2) is 12.9.